The van der Waals surface area contributed by atoms with E-state index in [1.54, 1.807) is 14.0 Å². The topological polar surface area (TPSA) is 83.8 Å². The summed E-state index contributed by atoms with van der Waals surface area (Å²) in [7, 11) is 1.58. The molecule has 0 unspecified atom stereocenters. The van der Waals surface area contributed by atoms with Gasteiger partial charge in [0.05, 0.1) is 7.11 Å². The molecule has 5 nitrogen and oxygen atoms in total. The molecule has 0 amide bonds. The number of carboxylic acids is 2. The van der Waals surface area contributed by atoms with Crippen molar-refractivity contribution in [2.75, 3.05) is 7.11 Å². The molecule has 0 spiro atoms. The predicted molar refractivity (Wildman–Crippen MR) is 66.9 cm³/mol. The van der Waals surface area contributed by atoms with Gasteiger partial charge < -0.3 is 14.9 Å². The van der Waals surface area contributed by atoms with Crippen molar-refractivity contribution in [2.24, 2.45) is 0 Å². The van der Waals surface area contributed by atoms with Gasteiger partial charge >= 0.3 is 11.9 Å². The minimum atomic E-state index is -0.786. The van der Waals surface area contributed by atoms with Gasteiger partial charge in [-0.2, -0.15) is 0 Å². The van der Waals surface area contributed by atoms with Crippen molar-refractivity contribution in [1.82, 2.24) is 0 Å². The minimum Gasteiger partial charge on any atom is -0.496 e. The van der Waals surface area contributed by atoms with E-state index in [0.29, 0.717) is 6.42 Å². The van der Waals surface area contributed by atoms with E-state index < -0.39 is 11.9 Å². The largest absolute Gasteiger partial charge is 0.496 e. The molecular weight excluding hydrogens is 236 g/mol. The zero-order chi connectivity index (χ0) is 14.0. The molecule has 0 fully saturated rings. The van der Waals surface area contributed by atoms with Gasteiger partial charge in [0.15, 0.2) is 0 Å². The first kappa shape index (κ1) is 16.0. The average molecular weight is 254 g/mol. The zero-order valence-electron chi connectivity index (χ0n) is 10.5. The second-order valence-electron chi connectivity index (χ2n) is 3.45. The van der Waals surface area contributed by atoms with Crippen LogP contribution in [0.15, 0.2) is 24.3 Å². The zero-order valence-corrected chi connectivity index (χ0v) is 10.5. The number of carboxylic acid groups (broad SMARTS) is 2. The van der Waals surface area contributed by atoms with Crippen LogP contribution >= 0.6 is 0 Å². The van der Waals surface area contributed by atoms with Crippen LogP contribution in [0.25, 0.3) is 0 Å². The van der Waals surface area contributed by atoms with E-state index in [4.69, 9.17) is 14.9 Å². The number of aliphatic carboxylic acids is 2. The number of hydrogen-bond acceptors (Lipinski definition) is 3. The molecule has 0 aromatic heterocycles. The number of rotatable bonds is 5. The third kappa shape index (κ3) is 7.27. The van der Waals surface area contributed by atoms with E-state index in [9.17, 15) is 9.59 Å². The Kier molecular flexibility index (Phi) is 8.01. The lowest BCUT2D eigenvalue weighted by molar-refractivity contribution is -0.137. The highest BCUT2D eigenvalue weighted by molar-refractivity contribution is 5.67. The number of methoxy groups -OCH3 is 1. The van der Waals surface area contributed by atoms with Crippen LogP contribution in [0.2, 0.25) is 0 Å². The van der Waals surface area contributed by atoms with E-state index >= 15 is 0 Å². The molecule has 100 valence electrons. The first-order valence-electron chi connectivity index (χ1n) is 5.56. The normalized spacial score (nSPS) is 9.00. The van der Waals surface area contributed by atoms with E-state index in [2.05, 4.69) is 0 Å². The molecule has 1 rings (SSSR count). The van der Waals surface area contributed by atoms with Crippen LogP contribution < -0.4 is 4.74 Å². The maximum atomic E-state index is 10.3. The average Bonchev–Trinajstić information content (AvgIpc) is 2.37. The Morgan fingerprint density at radius 1 is 1.17 bits per heavy atom. The minimum absolute atomic E-state index is 0.139. The summed E-state index contributed by atoms with van der Waals surface area (Å²) in [5.41, 5.74) is 0.937. The molecule has 0 atom stereocenters. The number of para-hydroxylation sites is 1. The lowest BCUT2D eigenvalue weighted by Crippen LogP contribution is -1.99. The molecule has 1 aromatic carbocycles. The van der Waals surface area contributed by atoms with Crippen molar-refractivity contribution in [3.05, 3.63) is 29.8 Å². The Labute approximate surface area is 106 Å². The summed E-state index contributed by atoms with van der Waals surface area (Å²) in [6, 6.07) is 7.45. The highest BCUT2D eigenvalue weighted by atomic mass is 16.5. The molecule has 0 bridgehead atoms. The lowest BCUT2D eigenvalue weighted by Gasteiger charge is -2.05. The molecule has 0 saturated carbocycles. The molecule has 0 heterocycles. The Morgan fingerprint density at radius 3 is 2.17 bits per heavy atom. The van der Waals surface area contributed by atoms with Crippen molar-refractivity contribution in [1.29, 1.82) is 0 Å². The number of ether oxygens (including phenoxy) is 1. The SMILES string of the molecule is CCC(=O)O.COc1ccccc1CCC(=O)O. The molecule has 0 saturated heterocycles. The van der Waals surface area contributed by atoms with Gasteiger partial charge in [-0.15, -0.1) is 0 Å². The van der Waals surface area contributed by atoms with Crippen molar-refractivity contribution in [3.63, 3.8) is 0 Å². The van der Waals surface area contributed by atoms with Gasteiger partial charge in [0.2, 0.25) is 0 Å². The van der Waals surface area contributed by atoms with Crippen LogP contribution in [-0.4, -0.2) is 29.3 Å². The second-order valence-corrected chi connectivity index (χ2v) is 3.45. The molecule has 2 N–H and O–H groups in total. The summed E-state index contributed by atoms with van der Waals surface area (Å²) in [6.07, 6.45) is 0.875. The smallest absolute Gasteiger partial charge is 0.303 e. The quantitative estimate of drug-likeness (QED) is 0.841. The third-order valence-corrected chi connectivity index (χ3v) is 2.10. The fourth-order valence-electron chi connectivity index (χ4n) is 1.15. The standard InChI is InChI=1S/C10H12O3.C3H6O2/c1-13-9-5-3-2-4-8(9)6-7-10(11)12;1-2-3(4)5/h2-5H,6-7H2,1H3,(H,11,12);2H2,1H3,(H,4,5). The Hall–Kier alpha value is -2.04. The first-order chi connectivity index (χ1) is 8.51. The fourth-order valence-corrected chi connectivity index (χ4v) is 1.15. The molecule has 0 aliphatic rings. The van der Waals surface area contributed by atoms with Crippen LogP contribution in [0.1, 0.15) is 25.3 Å². The van der Waals surface area contributed by atoms with Gasteiger partial charge in [-0.3, -0.25) is 9.59 Å². The van der Waals surface area contributed by atoms with E-state index in [1.807, 2.05) is 24.3 Å². The van der Waals surface area contributed by atoms with Crippen LogP contribution in [0.3, 0.4) is 0 Å². The molecule has 0 aliphatic carbocycles. The van der Waals surface area contributed by atoms with Crippen LogP contribution in [0.4, 0.5) is 0 Å². The molecule has 1 aromatic rings. The van der Waals surface area contributed by atoms with Gasteiger partial charge in [0.25, 0.3) is 0 Å². The van der Waals surface area contributed by atoms with Gasteiger partial charge in [-0.05, 0) is 18.1 Å². The summed E-state index contributed by atoms with van der Waals surface area (Å²) in [4.78, 5) is 19.7. The van der Waals surface area contributed by atoms with Gasteiger partial charge in [-0.25, -0.2) is 0 Å². The third-order valence-electron chi connectivity index (χ3n) is 2.10. The molecule has 18 heavy (non-hydrogen) atoms. The molecule has 0 aliphatic heterocycles. The van der Waals surface area contributed by atoms with Crippen LogP contribution in [0.5, 0.6) is 5.75 Å². The van der Waals surface area contributed by atoms with Crippen molar-refractivity contribution in [3.8, 4) is 5.75 Å². The van der Waals surface area contributed by atoms with Crippen LogP contribution in [-0.2, 0) is 16.0 Å². The second kappa shape index (κ2) is 9.04. The highest BCUT2D eigenvalue weighted by Crippen LogP contribution is 2.18. The maximum absolute atomic E-state index is 10.3. The lowest BCUT2D eigenvalue weighted by atomic mass is 10.1. The van der Waals surface area contributed by atoms with E-state index in [1.165, 1.54) is 0 Å². The summed E-state index contributed by atoms with van der Waals surface area (Å²) in [5, 5.41) is 16.2. The van der Waals surface area contributed by atoms with E-state index in [-0.39, 0.29) is 12.8 Å². The van der Waals surface area contributed by atoms with Crippen molar-refractivity contribution in [2.45, 2.75) is 26.2 Å². The Balaban J connectivity index is 0.000000494. The predicted octanol–water partition coefficient (Wildman–Crippen LogP) is 2.19. The molecular formula is C13H18O5. The monoisotopic (exact) mass is 254 g/mol. The highest BCUT2D eigenvalue weighted by Gasteiger charge is 2.03. The summed E-state index contributed by atoms with van der Waals surface area (Å²) < 4.78 is 5.08. The van der Waals surface area contributed by atoms with Gasteiger partial charge in [0.1, 0.15) is 5.75 Å². The van der Waals surface area contributed by atoms with Crippen molar-refractivity contribution >= 4 is 11.9 Å². The summed E-state index contributed by atoms with van der Waals surface area (Å²) in [6.45, 7) is 1.60. The Bertz CT molecular complexity index is 387. The molecule has 5 heteroatoms. The number of carbonyl (C=O) groups is 2. The number of aryl methyl sites for hydroxylation is 1. The fraction of sp³-hybridized carbons (Fsp3) is 0.385. The Morgan fingerprint density at radius 2 is 1.72 bits per heavy atom. The first-order valence-corrected chi connectivity index (χ1v) is 5.56. The van der Waals surface area contributed by atoms with E-state index in [0.717, 1.165) is 11.3 Å². The van der Waals surface area contributed by atoms with Gasteiger partial charge in [0, 0.05) is 12.8 Å². The number of hydrogen-bond donors (Lipinski definition) is 2. The van der Waals surface area contributed by atoms with Crippen LogP contribution in [0, 0.1) is 0 Å². The molecule has 0 radical (unpaired) electrons. The number of benzene rings is 1. The summed E-state index contributed by atoms with van der Waals surface area (Å²) in [5.74, 6) is -0.778. The maximum Gasteiger partial charge on any atom is 0.303 e. The van der Waals surface area contributed by atoms with Gasteiger partial charge in [-0.1, -0.05) is 25.1 Å². The van der Waals surface area contributed by atoms with Crippen molar-refractivity contribution < 1.29 is 24.5 Å². The summed E-state index contributed by atoms with van der Waals surface area (Å²) >= 11 is 0.